The predicted molar refractivity (Wildman–Crippen MR) is 131 cm³/mol. The first-order valence-electron chi connectivity index (χ1n) is 11.7. The van der Waals surface area contributed by atoms with Crippen LogP contribution in [0.5, 0.6) is 11.5 Å². The van der Waals surface area contributed by atoms with Crippen LogP contribution in [0.1, 0.15) is 23.6 Å². The number of carbonyl (C=O) groups excluding carboxylic acids is 2. The summed E-state index contributed by atoms with van der Waals surface area (Å²) >= 11 is 0. The van der Waals surface area contributed by atoms with Gasteiger partial charge in [0.15, 0.2) is 0 Å². The molecule has 8 heteroatoms. The number of carbonyl (C=O) groups is 2. The maximum Gasteiger partial charge on any atom is 0.295 e. The zero-order valence-electron chi connectivity index (χ0n) is 19.6. The number of amides is 1. The lowest BCUT2D eigenvalue weighted by atomic mass is 9.95. The first-order valence-corrected chi connectivity index (χ1v) is 11.7. The first-order chi connectivity index (χ1) is 17.0. The molecule has 0 saturated carbocycles. The molecule has 0 aliphatic carbocycles. The fraction of sp³-hybridized carbons (Fsp3) is 0.333. The molecule has 2 aliphatic rings. The Labute approximate surface area is 204 Å². The van der Waals surface area contributed by atoms with Gasteiger partial charge in [-0.3, -0.25) is 14.5 Å². The zero-order chi connectivity index (χ0) is 24.8. The molecule has 2 aromatic carbocycles. The maximum atomic E-state index is 13.1. The number of Topliss-reactive ketones (excluding diaryl/α,β-unsaturated/α-hetero) is 1. The van der Waals surface area contributed by atoms with E-state index in [1.807, 2.05) is 0 Å². The Bertz CT molecular complexity index is 1090. The number of hydrogen-bond donors (Lipinski definition) is 2. The SMILES string of the molecule is C=CCOc1ccc(C(O)=C2C(=O)C(=O)N(CCCN3CCOCC3)[C@@H]2c2ccc(O)cc2)cc1. The Balaban J connectivity index is 1.63. The second-order valence-corrected chi connectivity index (χ2v) is 8.52. The van der Waals surface area contributed by atoms with Crippen LogP contribution < -0.4 is 4.74 Å². The van der Waals surface area contributed by atoms with Crippen molar-refractivity contribution in [2.45, 2.75) is 12.5 Å². The van der Waals surface area contributed by atoms with Gasteiger partial charge in [-0.05, 0) is 48.4 Å². The summed E-state index contributed by atoms with van der Waals surface area (Å²) in [6, 6.07) is 12.3. The van der Waals surface area contributed by atoms with Crippen molar-refractivity contribution < 1.29 is 29.3 Å². The lowest BCUT2D eigenvalue weighted by molar-refractivity contribution is -0.140. The molecule has 35 heavy (non-hydrogen) atoms. The number of rotatable bonds is 9. The number of phenols is 1. The van der Waals surface area contributed by atoms with Crippen molar-refractivity contribution in [1.82, 2.24) is 9.80 Å². The quantitative estimate of drug-likeness (QED) is 0.247. The molecule has 2 N–H and O–H groups in total. The van der Waals surface area contributed by atoms with Crippen molar-refractivity contribution in [3.05, 3.63) is 77.9 Å². The van der Waals surface area contributed by atoms with Crippen LogP contribution in [-0.2, 0) is 14.3 Å². The molecule has 0 aromatic heterocycles. The third-order valence-corrected chi connectivity index (χ3v) is 6.22. The highest BCUT2D eigenvalue weighted by atomic mass is 16.5. The number of likely N-dealkylation sites (tertiary alicyclic amines) is 1. The molecule has 8 nitrogen and oxygen atoms in total. The number of aliphatic hydroxyl groups is 1. The smallest absolute Gasteiger partial charge is 0.295 e. The molecule has 0 bridgehead atoms. The second-order valence-electron chi connectivity index (χ2n) is 8.52. The zero-order valence-corrected chi connectivity index (χ0v) is 19.6. The number of benzene rings is 2. The molecular formula is C27H30N2O6. The summed E-state index contributed by atoms with van der Waals surface area (Å²) in [6.07, 6.45) is 2.31. The van der Waals surface area contributed by atoms with E-state index >= 15 is 0 Å². The van der Waals surface area contributed by atoms with E-state index in [1.165, 1.54) is 17.0 Å². The molecule has 4 rings (SSSR count). The van der Waals surface area contributed by atoms with Gasteiger partial charge in [-0.2, -0.15) is 0 Å². The lowest BCUT2D eigenvalue weighted by Crippen LogP contribution is -2.38. The van der Waals surface area contributed by atoms with Gasteiger partial charge in [0.2, 0.25) is 0 Å². The largest absolute Gasteiger partial charge is 0.508 e. The van der Waals surface area contributed by atoms with Crippen LogP contribution in [0.3, 0.4) is 0 Å². The van der Waals surface area contributed by atoms with E-state index in [2.05, 4.69) is 11.5 Å². The van der Waals surface area contributed by atoms with Crippen molar-refractivity contribution in [2.24, 2.45) is 0 Å². The average molecular weight is 479 g/mol. The van der Waals surface area contributed by atoms with E-state index < -0.39 is 17.7 Å². The standard InChI is InChI=1S/C27H30N2O6/c1-2-16-35-22-10-6-20(7-11-22)25(31)23-24(19-4-8-21(30)9-5-19)29(27(33)26(23)32)13-3-12-28-14-17-34-18-15-28/h2,4-11,24,30-31H,1,3,12-18H2/t24-/m1/s1. The van der Waals surface area contributed by atoms with Crippen molar-refractivity contribution in [3.8, 4) is 11.5 Å². The Kier molecular flexibility index (Phi) is 7.84. The number of morpholine rings is 1. The van der Waals surface area contributed by atoms with Crippen molar-refractivity contribution in [3.63, 3.8) is 0 Å². The Morgan fingerprint density at radius 2 is 1.74 bits per heavy atom. The number of ether oxygens (including phenoxy) is 2. The van der Waals surface area contributed by atoms with Gasteiger partial charge < -0.3 is 24.6 Å². The van der Waals surface area contributed by atoms with Gasteiger partial charge in [0, 0.05) is 31.7 Å². The van der Waals surface area contributed by atoms with Gasteiger partial charge in [0.05, 0.1) is 24.8 Å². The number of phenolic OH excluding ortho intramolecular Hbond substituents is 1. The molecule has 1 amide bonds. The summed E-state index contributed by atoms with van der Waals surface area (Å²) in [7, 11) is 0. The van der Waals surface area contributed by atoms with E-state index in [0.29, 0.717) is 49.7 Å². The first kappa shape index (κ1) is 24.5. The molecule has 2 aliphatic heterocycles. The van der Waals surface area contributed by atoms with E-state index in [0.717, 1.165) is 19.6 Å². The minimum absolute atomic E-state index is 0.0341. The van der Waals surface area contributed by atoms with E-state index in [1.54, 1.807) is 42.5 Å². The summed E-state index contributed by atoms with van der Waals surface area (Å²) in [5, 5.41) is 20.9. The molecule has 0 radical (unpaired) electrons. The van der Waals surface area contributed by atoms with Crippen molar-refractivity contribution in [1.29, 1.82) is 0 Å². The molecule has 1 atom stereocenters. The Morgan fingerprint density at radius 1 is 1.06 bits per heavy atom. The molecule has 2 heterocycles. The van der Waals surface area contributed by atoms with Crippen LogP contribution in [0.25, 0.3) is 5.76 Å². The van der Waals surface area contributed by atoms with Crippen LogP contribution >= 0.6 is 0 Å². The fourth-order valence-electron chi connectivity index (χ4n) is 4.42. The van der Waals surface area contributed by atoms with Crippen LogP contribution in [0.15, 0.2) is 66.8 Å². The molecule has 0 unspecified atom stereocenters. The molecule has 0 spiro atoms. The predicted octanol–water partition coefficient (Wildman–Crippen LogP) is 3.10. The van der Waals surface area contributed by atoms with Crippen LogP contribution in [0.2, 0.25) is 0 Å². The van der Waals surface area contributed by atoms with Gasteiger partial charge in [0.1, 0.15) is 23.9 Å². The minimum Gasteiger partial charge on any atom is -0.508 e. The monoisotopic (exact) mass is 478 g/mol. The van der Waals surface area contributed by atoms with Gasteiger partial charge >= 0.3 is 0 Å². The number of aromatic hydroxyl groups is 1. The number of aliphatic hydroxyl groups excluding tert-OH is 1. The summed E-state index contributed by atoms with van der Waals surface area (Å²) in [5.41, 5.74) is 1.08. The number of hydrogen-bond acceptors (Lipinski definition) is 7. The topological polar surface area (TPSA) is 99.5 Å². The third-order valence-electron chi connectivity index (χ3n) is 6.22. The van der Waals surface area contributed by atoms with E-state index in [4.69, 9.17) is 9.47 Å². The van der Waals surface area contributed by atoms with Gasteiger partial charge in [-0.15, -0.1) is 0 Å². The molecule has 184 valence electrons. The van der Waals surface area contributed by atoms with E-state index in [-0.39, 0.29) is 17.1 Å². The highest BCUT2D eigenvalue weighted by molar-refractivity contribution is 6.46. The van der Waals surface area contributed by atoms with Crippen LogP contribution in [0, 0.1) is 0 Å². The summed E-state index contributed by atoms with van der Waals surface area (Å²) < 4.78 is 10.9. The number of nitrogens with zero attached hydrogens (tertiary/aromatic N) is 2. The minimum atomic E-state index is -0.753. The molecule has 2 saturated heterocycles. The summed E-state index contributed by atoms with van der Waals surface area (Å²) in [4.78, 5) is 30.0. The van der Waals surface area contributed by atoms with Gasteiger partial charge in [0.25, 0.3) is 11.7 Å². The normalized spacial score (nSPS) is 20.2. The highest BCUT2D eigenvalue weighted by Gasteiger charge is 2.45. The second kappa shape index (κ2) is 11.2. The van der Waals surface area contributed by atoms with Gasteiger partial charge in [-0.25, -0.2) is 0 Å². The molecule has 2 fully saturated rings. The summed E-state index contributed by atoms with van der Waals surface area (Å²) in [5.74, 6) is -0.933. The van der Waals surface area contributed by atoms with Gasteiger partial charge in [-0.1, -0.05) is 24.8 Å². The third kappa shape index (κ3) is 5.55. The number of ketones is 1. The average Bonchev–Trinajstić information content (AvgIpc) is 3.13. The Hall–Kier alpha value is -3.62. The molecule has 2 aromatic rings. The summed E-state index contributed by atoms with van der Waals surface area (Å²) in [6.45, 7) is 8.16. The Morgan fingerprint density at radius 3 is 2.40 bits per heavy atom. The lowest BCUT2D eigenvalue weighted by Gasteiger charge is -2.29. The van der Waals surface area contributed by atoms with Crippen molar-refractivity contribution in [2.75, 3.05) is 46.0 Å². The fourth-order valence-corrected chi connectivity index (χ4v) is 4.42. The van der Waals surface area contributed by atoms with Crippen LogP contribution in [-0.4, -0.2) is 77.7 Å². The molecular weight excluding hydrogens is 448 g/mol. The van der Waals surface area contributed by atoms with E-state index in [9.17, 15) is 19.8 Å². The highest BCUT2D eigenvalue weighted by Crippen LogP contribution is 2.40. The maximum absolute atomic E-state index is 13.1. The van der Waals surface area contributed by atoms with Crippen LogP contribution in [0.4, 0.5) is 0 Å². The van der Waals surface area contributed by atoms with Crippen molar-refractivity contribution >= 4 is 17.4 Å².